The van der Waals surface area contributed by atoms with Crippen molar-refractivity contribution < 1.29 is 0 Å². The minimum Gasteiger partial charge on any atom is -0.344 e. The van der Waals surface area contributed by atoms with Crippen LogP contribution in [0, 0.1) is 0 Å². The fourth-order valence-electron chi connectivity index (χ4n) is 9.28. The van der Waals surface area contributed by atoms with Gasteiger partial charge >= 0.3 is 0 Å². The zero-order chi connectivity index (χ0) is 35.9. The van der Waals surface area contributed by atoms with Crippen LogP contribution in [0.15, 0.2) is 182 Å². The van der Waals surface area contributed by atoms with Gasteiger partial charge in [-0.05, 0) is 96.4 Å². The largest absolute Gasteiger partial charge is 0.344 e. The number of aromatic nitrogens is 2. The van der Waals surface area contributed by atoms with E-state index in [9.17, 15) is 0 Å². The fourth-order valence-corrected chi connectivity index (χ4v) is 9.28. The van der Waals surface area contributed by atoms with Gasteiger partial charge in [-0.1, -0.05) is 152 Å². The molecule has 9 aromatic carbocycles. The first-order valence-corrected chi connectivity index (χ1v) is 18.7. The lowest BCUT2D eigenvalue weighted by Crippen LogP contribution is -1.92. The third kappa shape index (κ3) is 4.41. The van der Waals surface area contributed by atoms with Crippen LogP contribution in [0.25, 0.3) is 110 Å². The number of rotatable bonds is 4. The Morgan fingerprint density at radius 1 is 0.278 bits per heavy atom. The Morgan fingerprint density at radius 3 is 1.20 bits per heavy atom. The number of fused-ring (bicyclic) bond motifs is 8. The normalized spacial score (nSPS) is 11.9. The van der Waals surface area contributed by atoms with Crippen molar-refractivity contribution in [3.8, 4) is 44.5 Å². The molecule has 0 radical (unpaired) electrons. The minimum atomic E-state index is 1.21. The summed E-state index contributed by atoms with van der Waals surface area (Å²) in [7, 11) is 4.37. The van der Waals surface area contributed by atoms with Crippen molar-refractivity contribution in [2.75, 3.05) is 0 Å². The molecule has 2 aromatic heterocycles. The van der Waals surface area contributed by atoms with Crippen molar-refractivity contribution in [1.29, 1.82) is 0 Å². The van der Waals surface area contributed by atoms with Crippen LogP contribution in [-0.2, 0) is 14.1 Å². The second kappa shape index (κ2) is 11.8. The Bertz CT molecular complexity index is 3090. The van der Waals surface area contributed by atoms with Gasteiger partial charge < -0.3 is 9.13 Å². The minimum absolute atomic E-state index is 1.21. The van der Waals surface area contributed by atoms with Crippen molar-refractivity contribution in [1.82, 2.24) is 9.13 Å². The number of aryl methyl sites for hydroxylation is 2. The van der Waals surface area contributed by atoms with E-state index in [1.807, 2.05) is 0 Å². The van der Waals surface area contributed by atoms with Crippen molar-refractivity contribution in [3.05, 3.63) is 182 Å². The third-order valence-electron chi connectivity index (χ3n) is 11.8. The van der Waals surface area contributed by atoms with Gasteiger partial charge in [-0.15, -0.1) is 0 Å². The van der Waals surface area contributed by atoms with Crippen LogP contribution in [0.5, 0.6) is 0 Å². The first kappa shape index (κ1) is 30.7. The van der Waals surface area contributed by atoms with Gasteiger partial charge in [-0.25, -0.2) is 0 Å². The van der Waals surface area contributed by atoms with Crippen LogP contribution in [0.1, 0.15) is 0 Å². The molecule has 0 aliphatic rings. The number of benzene rings is 9. The van der Waals surface area contributed by atoms with Gasteiger partial charge in [0.25, 0.3) is 0 Å². The highest BCUT2D eigenvalue weighted by molar-refractivity contribution is 6.24. The SMILES string of the molecule is Cn1c2ccccc2c2c(-c3cccc4c(-c5ccc(-c6ccccc6)cc5)c5cccc(-c6cccc7c6c6ccccc6n7C)c5cc34)cccc21. The lowest BCUT2D eigenvalue weighted by atomic mass is 9.85. The van der Waals surface area contributed by atoms with E-state index in [1.54, 1.807) is 0 Å². The summed E-state index contributed by atoms with van der Waals surface area (Å²) < 4.78 is 4.66. The van der Waals surface area contributed by atoms with Crippen molar-refractivity contribution in [2.24, 2.45) is 14.1 Å². The molecule has 11 rings (SSSR count). The van der Waals surface area contributed by atoms with Crippen LogP contribution in [0.3, 0.4) is 0 Å². The zero-order valence-corrected chi connectivity index (χ0v) is 30.2. The first-order chi connectivity index (χ1) is 26.7. The highest BCUT2D eigenvalue weighted by atomic mass is 14.9. The predicted octanol–water partition coefficient (Wildman–Crippen LogP) is 14.0. The van der Waals surface area contributed by atoms with E-state index in [0.717, 1.165) is 0 Å². The van der Waals surface area contributed by atoms with E-state index in [0.29, 0.717) is 0 Å². The molecule has 0 unspecified atom stereocenters. The lowest BCUT2D eigenvalue weighted by Gasteiger charge is -2.18. The number of hydrogen-bond acceptors (Lipinski definition) is 0. The van der Waals surface area contributed by atoms with Gasteiger partial charge in [0.15, 0.2) is 0 Å². The van der Waals surface area contributed by atoms with Gasteiger partial charge in [0, 0.05) is 57.7 Å². The summed E-state index contributed by atoms with van der Waals surface area (Å²) in [6.45, 7) is 0. The summed E-state index contributed by atoms with van der Waals surface area (Å²) in [5.41, 5.74) is 14.9. The maximum atomic E-state index is 2.48. The second-order valence-corrected chi connectivity index (χ2v) is 14.5. The summed E-state index contributed by atoms with van der Waals surface area (Å²) in [6, 6.07) is 67.2. The molecule has 0 fully saturated rings. The maximum Gasteiger partial charge on any atom is 0.0495 e. The molecule has 2 nitrogen and oxygen atoms in total. The van der Waals surface area contributed by atoms with Crippen LogP contribution in [0.4, 0.5) is 0 Å². The smallest absolute Gasteiger partial charge is 0.0495 e. The molecular formula is C52H36N2. The first-order valence-electron chi connectivity index (χ1n) is 18.7. The second-order valence-electron chi connectivity index (χ2n) is 14.5. The van der Waals surface area contributed by atoms with E-state index in [1.165, 1.54) is 110 Å². The molecule has 0 aliphatic carbocycles. The molecule has 54 heavy (non-hydrogen) atoms. The quantitative estimate of drug-likeness (QED) is 0.163. The summed E-state index contributed by atoms with van der Waals surface area (Å²) in [5, 5.41) is 10.2. The van der Waals surface area contributed by atoms with E-state index in [-0.39, 0.29) is 0 Å². The number of para-hydroxylation sites is 2. The molecule has 0 amide bonds. The fraction of sp³-hybridized carbons (Fsp3) is 0.0385. The molecule has 0 N–H and O–H groups in total. The van der Waals surface area contributed by atoms with Crippen molar-refractivity contribution in [3.63, 3.8) is 0 Å². The molecule has 0 saturated carbocycles. The standard InChI is InChI=1S/C52H36N2/c1-53-46-24-8-6-16-42(46)51-38(22-12-26-48(51)53)36-18-10-20-40-44(36)32-45-37(39-23-13-27-49-52(39)43-17-7-9-25-47(43)54(49)2)19-11-21-41(45)50(40)35-30-28-34(29-31-35)33-14-4-3-5-15-33/h3-32H,1-2H3. The molecule has 254 valence electrons. The Kier molecular flexibility index (Phi) is 6.72. The average Bonchev–Trinajstić information content (AvgIpc) is 3.70. The van der Waals surface area contributed by atoms with Gasteiger partial charge in [0.05, 0.1) is 0 Å². The summed E-state index contributed by atoms with van der Waals surface area (Å²) in [6.07, 6.45) is 0. The Morgan fingerprint density at radius 2 is 0.667 bits per heavy atom. The molecule has 11 aromatic rings. The van der Waals surface area contributed by atoms with Crippen LogP contribution < -0.4 is 0 Å². The summed E-state index contributed by atoms with van der Waals surface area (Å²) in [4.78, 5) is 0. The number of hydrogen-bond donors (Lipinski definition) is 0. The molecule has 0 spiro atoms. The van der Waals surface area contributed by atoms with E-state index < -0.39 is 0 Å². The van der Waals surface area contributed by atoms with E-state index in [2.05, 4.69) is 205 Å². The third-order valence-corrected chi connectivity index (χ3v) is 11.8. The molecule has 2 heteroatoms. The van der Waals surface area contributed by atoms with Crippen LogP contribution >= 0.6 is 0 Å². The molecule has 0 aliphatic heterocycles. The summed E-state index contributed by atoms with van der Waals surface area (Å²) >= 11 is 0. The van der Waals surface area contributed by atoms with Gasteiger partial charge in [-0.2, -0.15) is 0 Å². The Hall–Kier alpha value is -6.90. The predicted molar refractivity (Wildman–Crippen MR) is 231 cm³/mol. The van der Waals surface area contributed by atoms with E-state index >= 15 is 0 Å². The van der Waals surface area contributed by atoms with Crippen molar-refractivity contribution in [2.45, 2.75) is 0 Å². The van der Waals surface area contributed by atoms with Gasteiger partial charge in [-0.3, -0.25) is 0 Å². The molecular weight excluding hydrogens is 653 g/mol. The lowest BCUT2D eigenvalue weighted by molar-refractivity contribution is 1.01. The maximum absolute atomic E-state index is 2.48. The van der Waals surface area contributed by atoms with Gasteiger partial charge in [0.2, 0.25) is 0 Å². The van der Waals surface area contributed by atoms with Crippen LogP contribution in [-0.4, -0.2) is 9.13 Å². The Labute approximate surface area is 313 Å². The summed E-state index contributed by atoms with van der Waals surface area (Å²) in [5.74, 6) is 0. The van der Waals surface area contributed by atoms with Crippen LogP contribution in [0.2, 0.25) is 0 Å². The topological polar surface area (TPSA) is 9.86 Å². The number of nitrogens with zero attached hydrogens (tertiary/aromatic N) is 2. The monoisotopic (exact) mass is 688 g/mol. The highest BCUT2D eigenvalue weighted by Gasteiger charge is 2.20. The molecule has 0 saturated heterocycles. The van der Waals surface area contributed by atoms with Crippen molar-refractivity contribution >= 4 is 65.2 Å². The molecule has 0 bridgehead atoms. The average molecular weight is 689 g/mol. The van der Waals surface area contributed by atoms with E-state index in [4.69, 9.17) is 0 Å². The zero-order valence-electron chi connectivity index (χ0n) is 30.2. The molecule has 2 heterocycles. The highest BCUT2D eigenvalue weighted by Crippen LogP contribution is 2.47. The molecule has 0 atom stereocenters. The Balaban J connectivity index is 1.26. The van der Waals surface area contributed by atoms with Gasteiger partial charge in [0.1, 0.15) is 0 Å².